The molecular formula is C15H24N2O. The first-order valence-corrected chi connectivity index (χ1v) is 6.61. The molecule has 3 N–H and O–H groups in total. The van der Waals surface area contributed by atoms with Crippen LogP contribution < -0.4 is 5.73 Å². The van der Waals surface area contributed by atoms with Gasteiger partial charge in [0, 0.05) is 37.7 Å². The number of hydrogen-bond acceptors (Lipinski definition) is 3. The van der Waals surface area contributed by atoms with Crippen LogP contribution in [0, 0.1) is 12.3 Å². The first kappa shape index (κ1) is 13.5. The lowest BCUT2D eigenvalue weighted by Gasteiger charge is -2.32. The highest BCUT2D eigenvalue weighted by molar-refractivity contribution is 5.37. The summed E-state index contributed by atoms with van der Waals surface area (Å²) < 4.78 is 0. The van der Waals surface area contributed by atoms with Gasteiger partial charge in [-0.15, -0.1) is 0 Å². The third-order valence-corrected chi connectivity index (χ3v) is 3.76. The number of benzene rings is 1. The van der Waals surface area contributed by atoms with E-state index >= 15 is 0 Å². The van der Waals surface area contributed by atoms with Gasteiger partial charge < -0.3 is 10.8 Å². The van der Waals surface area contributed by atoms with Gasteiger partial charge in [0.25, 0.3) is 0 Å². The fraction of sp³-hybridized carbons (Fsp3) is 0.600. The minimum absolute atomic E-state index is 0.0789. The summed E-state index contributed by atoms with van der Waals surface area (Å²) in [7, 11) is 0. The molecule has 1 aromatic carbocycles. The van der Waals surface area contributed by atoms with Gasteiger partial charge >= 0.3 is 0 Å². The number of aliphatic hydroxyl groups is 1. The average Bonchev–Trinajstić information content (AvgIpc) is 2.64. The smallest absolute Gasteiger partial charge is 0.0494 e. The SMILES string of the molecule is Cc1ccc2c(c1)C(CN)N(CC(C)(C)CO)C2. The zero-order chi connectivity index (χ0) is 13.3. The van der Waals surface area contributed by atoms with Crippen LogP contribution in [0.5, 0.6) is 0 Å². The van der Waals surface area contributed by atoms with Gasteiger partial charge in [-0.2, -0.15) is 0 Å². The standard InChI is InChI=1S/C15H24N2O/c1-11-4-5-12-8-17(9-15(2,3)10-18)14(7-16)13(12)6-11/h4-6,14,18H,7-10,16H2,1-3H3. The Kier molecular flexibility index (Phi) is 3.76. The van der Waals surface area contributed by atoms with Crippen molar-refractivity contribution >= 4 is 0 Å². The highest BCUT2D eigenvalue weighted by Crippen LogP contribution is 2.35. The molecule has 0 saturated carbocycles. The Morgan fingerprint density at radius 1 is 1.44 bits per heavy atom. The van der Waals surface area contributed by atoms with Crippen molar-refractivity contribution in [2.75, 3.05) is 19.7 Å². The average molecular weight is 248 g/mol. The second-order valence-electron chi connectivity index (χ2n) is 6.18. The molecule has 0 saturated heterocycles. The van der Waals surface area contributed by atoms with E-state index in [4.69, 9.17) is 5.73 Å². The van der Waals surface area contributed by atoms with Crippen LogP contribution in [0.1, 0.15) is 36.6 Å². The molecule has 1 aliphatic heterocycles. The largest absolute Gasteiger partial charge is 0.396 e. The lowest BCUT2D eigenvalue weighted by molar-refractivity contribution is 0.0845. The van der Waals surface area contributed by atoms with Crippen molar-refractivity contribution in [1.29, 1.82) is 0 Å². The number of aryl methyl sites for hydroxylation is 1. The monoisotopic (exact) mass is 248 g/mol. The van der Waals surface area contributed by atoms with E-state index in [-0.39, 0.29) is 12.0 Å². The molecule has 0 spiro atoms. The van der Waals surface area contributed by atoms with Crippen LogP contribution in [0.25, 0.3) is 0 Å². The Hall–Kier alpha value is -0.900. The van der Waals surface area contributed by atoms with E-state index in [1.54, 1.807) is 0 Å². The topological polar surface area (TPSA) is 49.5 Å². The summed E-state index contributed by atoms with van der Waals surface area (Å²) in [6, 6.07) is 6.91. The Bertz CT molecular complexity index is 429. The van der Waals surface area contributed by atoms with Gasteiger partial charge in [-0.3, -0.25) is 4.90 Å². The molecule has 0 aliphatic carbocycles. The summed E-state index contributed by atoms with van der Waals surface area (Å²) in [5, 5.41) is 9.42. The molecule has 3 nitrogen and oxygen atoms in total. The Morgan fingerprint density at radius 2 is 2.17 bits per heavy atom. The molecular weight excluding hydrogens is 224 g/mol. The van der Waals surface area contributed by atoms with Crippen LogP contribution in [0.15, 0.2) is 18.2 Å². The molecule has 0 amide bonds. The van der Waals surface area contributed by atoms with Crippen molar-refractivity contribution < 1.29 is 5.11 Å². The van der Waals surface area contributed by atoms with E-state index in [1.165, 1.54) is 16.7 Å². The van der Waals surface area contributed by atoms with Crippen molar-refractivity contribution in [2.45, 2.75) is 33.4 Å². The van der Waals surface area contributed by atoms with Gasteiger partial charge in [0.05, 0.1) is 0 Å². The summed E-state index contributed by atoms with van der Waals surface area (Å²) in [5.74, 6) is 0. The quantitative estimate of drug-likeness (QED) is 0.854. The molecule has 0 bridgehead atoms. The first-order valence-electron chi connectivity index (χ1n) is 6.61. The maximum atomic E-state index is 9.42. The van der Waals surface area contributed by atoms with E-state index in [2.05, 4.69) is 43.9 Å². The Morgan fingerprint density at radius 3 is 2.78 bits per heavy atom. The third-order valence-electron chi connectivity index (χ3n) is 3.76. The molecule has 0 radical (unpaired) electrons. The fourth-order valence-corrected chi connectivity index (χ4v) is 2.74. The van der Waals surface area contributed by atoms with E-state index in [0.29, 0.717) is 12.6 Å². The number of rotatable bonds is 4. The van der Waals surface area contributed by atoms with Crippen molar-refractivity contribution in [3.05, 3.63) is 34.9 Å². The molecule has 1 atom stereocenters. The second-order valence-corrected chi connectivity index (χ2v) is 6.18. The molecule has 1 heterocycles. The lowest BCUT2D eigenvalue weighted by Crippen LogP contribution is -2.37. The Labute approximate surface area is 110 Å². The van der Waals surface area contributed by atoms with Crippen LogP contribution >= 0.6 is 0 Å². The highest BCUT2D eigenvalue weighted by atomic mass is 16.3. The van der Waals surface area contributed by atoms with Crippen molar-refractivity contribution in [3.8, 4) is 0 Å². The summed E-state index contributed by atoms with van der Waals surface area (Å²) >= 11 is 0. The van der Waals surface area contributed by atoms with E-state index in [0.717, 1.165) is 13.1 Å². The summed E-state index contributed by atoms with van der Waals surface area (Å²) in [6.07, 6.45) is 0. The third kappa shape index (κ3) is 2.58. The molecule has 3 heteroatoms. The molecule has 2 rings (SSSR count). The summed E-state index contributed by atoms with van der Waals surface area (Å²) in [6.45, 7) is 8.96. The molecule has 0 fully saturated rings. The van der Waals surface area contributed by atoms with Crippen LogP contribution in [0.4, 0.5) is 0 Å². The van der Waals surface area contributed by atoms with Gasteiger partial charge in [0.1, 0.15) is 0 Å². The van der Waals surface area contributed by atoms with Crippen molar-refractivity contribution in [1.82, 2.24) is 4.90 Å². The van der Waals surface area contributed by atoms with E-state index < -0.39 is 0 Å². The minimum atomic E-state index is -0.0789. The second kappa shape index (κ2) is 5.00. The van der Waals surface area contributed by atoms with Crippen LogP contribution in [-0.2, 0) is 6.54 Å². The predicted molar refractivity (Wildman–Crippen MR) is 74.3 cm³/mol. The highest BCUT2D eigenvalue weighted by Gasteiger charge is 2.32. The number of hydrogen-bond donors (Lipinski definition) is 2. The zero-order valence-electron chi connectivity index (χ0n) is 11.6. The number of nitrogens with zero attached hydrogens (tertiary/aromatic N) is 1. The number of fused-ring (bicyclic) bond motifs is 1. The normalized spacial score (nSPS) is 20.2. The summed E-state index contributed by atoms with van der Waals surface area (Å²) in [4.78, 5) is 2.39. The van der Waals surface area contributed by atoms with Gasteiger partial charge in [0.15, 0.2) is 0 Å². The maximum Gasteiger partial charge on any atom is 0.0494 e. The lowest BCUT2D eigenvalue weighted by atomic mass is 9.93. The predicted octanol–water partition coefficient (Wildman–Crippen LogP) is 1.83. The van der Waals surface area contributed by atoms with Crippen molar-refractivity contribution in [2.24, 2.45) is 11.1 Å². The molecule has 1 unspecified atom stereocenters. The van der Waals surface area contributed by atoms with E-state index in [1.807, 2.05) is 0 Å². The maximum absolute atomic E-state index is 9.42. The fourth-order valence-electron chi connectivity index (χ4n) is 2.74. The molecule has 1 aliphatic rings. The zero-order valence-corrected chi connectivity index (χ0v) is 11.6. The minimum Gasteiger partial charge on any atom is -0.396 e. The molecule has 100 valence electrons. The molecule has 0 aromatic heterocycles. The van der Waals surface area contributed by atoms with Crippen molar-refractivity contribution in [3.63, 3.8) is 0 Å². The number of nitrogens with two attached hydrogens (primary N) is 1. The van der Waals surface area contributed by atoms with Crippen LogP contribution in [0.3, 0.4) is 0 Å². The Balaban J connectivity index is 2.22. The van der Waals surface area contributed by atoms with Gasteiger partial charge in [-0.05, 0) is 18.1 Å². The first-order chi connectivity index (χ1) is 8.46. The number of aliphatic hydroxyl groups excluding tert-OH is 1. The van der Waals surface area contributed by atoms with Crippen LogP contribution in [-0.4, -0.2) is 29.7 Å². The summed E-state index contributed by atoms with van der Waals surface area (Å²) in [5.41, 5.74) is 9.90. The van der Waals surface area contributed by atoms with Gasteiger partial charge in [-0.25, -0.2) is 0 Å². The van der Waals surface area contributed by atoms with Gasteiger partial charge in [-0.1, -0.05) is 37.6 Å². The molecule has 1 aromatic rings. The molecule has 18 heavy (non-hydrogen) atoms. The van der Waals surface area contributed by atoms with Crippen LogP contribution in [0.2, 0.25) is 0 Å². The van der Waals surface area contributed by atoms with E-state index in [9.17, 15) is 5.11 Å². The van der Waals surface area contributed by atoms with Gasteiger partial charge in [0.2, 0.25) is 0 Å².